The van der Waals surface area contributed by atoms with Gasteiger partial charge in [0.05, 0.1) is 0 Å². The van der Waals surface area contributed by atoms with Crippen molar-refractivity contribution >= 4 is 39.1 Å². The second-order valence-electron chi connectivity index (χ2n) is 4.05. The van der Waals surface area contributed by atoms with Crippen LogP contribution >= 0.6 is 15.9 Å². The normalized spacial score (nSPS) is 9.90. The zero-order valence-corrected chi connectivity index (χ0v) is 12.3. The van der Waals surface area contributed by atoms with Gasteiger partial charge in [-0.05, 0) is 52.3 Å². The molecule has 1 aromatic heterocycles. The minimum Gasteiger partial charge on any atom is -0.326 e. The van der Waals surface area contributed by atoms with Crippen LogP contribution in [0.2, 0.25) is 0 Å². The number of benzene rings is 1. The second kappa shape index (κ2) is 6.29. The molecule has 2 N–H and O–H groups in total. The van der Waals surface area contributed by atoms with Gasteiger partial charge in [0, 0.05) is 29.0 Å². The van der Waals surface area contributed by atoms with Crippen LogP contribution in [-0.2, 0) is 4.79 Å². The highest BCUT2D eigenvalue weighted by Gasteiger charge is 2.11. The van der Waals surface area contributed by atoms with E-state index in [-0.39, 0.29) is 11.8 Å². The zero-order valence-electron chi connectivity index (χ0n) is 10.7. The number of carbonyl (C=O) groups excluding carboxylic acids is 2. The standard InChI is InChI=1S/C14H12BrN3O2/c1-9(19)17-10-4-6-11(7-5-10)18-14(20)13-12(15)3-2-8-16-13/h2-8H,1H3,(H,17,19)(H,18,20). The van der Waals surface area contributed by atoms with Crippen molar-refractivity contribution in [2.45, 2.75) is 6.92 Å². The number of pyridine rings is 1. The third kappa shape index (κ3) is 3.64. The maximum atomic E-state index is 12.0. The molecule has 0 saturated carbocycles. The molecule has 0 fully saturated rings. The van der Waals surface area contributed by atoms with Crippen LogP contribution in [0.5, 0.6) is 0 Å². The quantitative estimate of drug-likeness (QED) is 0.906. The van der Waals surface area contributed by atoms with Gasteiger partial charge in [-0.3, -0.25) is 9.59 Å². The molecular formula is C14H12BrN3O2. The average Bonchev–Trinajstić information content (AvgIpc) is 2.41. The van der Waals surface area contributed by atoms with E-state index in [1.807, 2.05) is 0 Å². The lowest BCUT2D eigenvalue weighted by Gasteiger charge is -2.07. The third-order valence-electron chi connectivity index (χ3n) is 2.44. The summed E-state index contributed by atoms with van der Waals surface area (Å²) in [6.45, 7) is 1.44. The van der Waals surface area contributed by atoms with E-state index in [0.29, 0.717) is 21.5 Å². The maximum Gasteiger partial charge on any atom is 0.275 e. The number of carbonyl (C=O) groups is 2. The lowest BCUT2D eigenvalue weighted by Crippen LogP contribution is -2.14. The minimum atomic E-state index is -0.301. The molecule has 20 heavy (non-hydrogen) atoms. The molecule has 0 bridgehead atoms. The summed E-state index contributed by atoms with van der Waals surface area (Å²) in [4.78, 5) is 26.9. The summed E-state index contributed by atoms with van der Waals surface area (Å²) in [5.41, 5.74) is 1.62. The summed E-state index contributed by atoms with van der Waals surface area (Å²) in [6.07, 6.45) is 1.56. The number of hydrogen-bond acceptors (Lipinski definition) is 3. The smallest absolute Gasteiger partial charge is 0.275 e. The summed E-state index contributed by atoms with van der Waals surface area (Å²) in [5.74, 6) is -0.441. The van der Waals surface area contributed by atoms with Crippen LogP contribution in [0.1, 0.15) is 17.4 Å². The highest BCUT2D eigenvalue weighted by atomic mass is 79.9. The topological polar surface area (TPSA) is 71.1 Å². The molecule has 0 aliphatic rings. The van der Waals surface area contributed by atoms with E-state index in [0.717, 1.165) is 0 Å². The Morgan fingerprint density at radius 1 is 1.05 bits per heavy atom. The molecule has 0 radical (unpaired) electrons. The van der Waals surface area contributed by atoms with E-state index in [2.05, 4.69) is 31.5 Å². The lowest BCUT2D eigenvalue weighted by molar-refractivity contribution is -0.114. The van der Waals surface area contributed by atoms with Crippen molar-refractivity contribution in [1.82, 2.24) is 4.98 Å². The Labute approximate surface area is 124 Å². The molecule has 1 aromatic carbocycles. The SMILES string of the molecule is CC(=O)Nc1ccc(NC(=O)c2ncccc2Br)cc1. The lowest BCUT2D eigenvalue weighted by atomic mass is 10.2. The van der Waals surface area contributed by atoms with Crippen LogP contribution in [0, 0.1) is 0 Å². The molecule has 2 amide bonds. The van der Waals surface area contributed by atoms with Gasteiger partial charge in [0.1, 0.15) is 5.69 Å². The summed E-state index contributed by atoms with van der Waals surface area (Å²) in [5, 5.41) is 5.39. The molecule has 0 saturated heterocycles. The monoisotopic (exact) mass is 333 g/mol. The highest BCUT2D eigenvalue weighted by Crippen LogP contribution is 2.17. The first-order valence-electron chi connectivity index (χ1n) is 5.86. The number of amides is 2. The summed E-state index contributed by atoms with van der Waals surface area (Å²) >= 11 is 3.28. The van der Waals surface area contributed by atoms with Gasteiger partial charge in [-0.15, -0.1) is 0 Å². The molecule has 0 aliphatic carbocycles. The van der Waals surface area contributed by atoms with Gasteiger partial charge in [-0.25, -0.2) is 4.98 Å². The Bertz CT molecular complexity index is 641. The molecule has 0 unspecified atom stereocenters. The largest absolute Gasteiger partial charge is 0.326 e. The van der Waals surface area contributed by atoms with E-state index in [1.54, 1.807) is 42.6 Å². The number of halogens is 1. The summed E-state index contributed by atoms with van der Waals surface area (Å²) in [7, 11) is 0. The molecule has 2 aromatic rings. The Morgan fingerprint density at radius 3 is 2.20 bits per heavy atom. The molecular weight excluding hydrogens is 322 g/mol. The van der Waals surface area contributed by atoms with E-state index in [9.17, 15) is 9.59 Å². The third-order valence-corrected chi connectivity index (χ3v) is 3.08. The fourth-order valence-corrected chi connectivity index (χ4v) is 2.02. The molecule has 5 nitrogen and oxygen atoms in total. The second-order valence-corrected chi connectivity index (χ2v) is 4.90. The van der Waals surface area contributed by atoms with Gasteiger partial charge in [0.2, 0.25) is 5.91 Å². The minimum absolute atomic E-state index is 0.140. The molecule has 2 rings (SSSR count). The van der Waals surface area contributed by atoms with E-state index in [4.69, 9.17) is 0 Å². The van der Waals surface area contributed by atoms with Crippen LogP contribution in [0.25, 0.3) is 0 Å². The van der Waals surface area contributed by atoms with Crippen molar-refractivity contribution < 1.29 is 9.59 Å². The van der Waals surface area contributed by atoms with Gasteiger partial charge < -0.3 is 10.6 Å². The predicted molar refractivity (Wildman–Crippen MR) is 80.6 cm³/mol. The van der Waals surface area contributed by atoms with Crippen LogP contribution in [0.4, 0.5) is 11.4 Å². The molecule has 0 atom stereocenters. The average molecular weight is 334 g/mol. The van der Waals surface area contributed by atoms with Crippen molar-refractivity contribution in [3.05, 3.63) is 52.8 Å². The Balaban J connectivity index is 2.09. The summed E-state index contributed by atoms with van der Waals surface area (Å²) < 4.78 is 0.632. The van der Waals surface area contributed by atoms with Gasteiger partial charge in [-0.2, -0.15) is 0 Å². The van der Waals surface area contributed by atoms with Gasteiger partial charge in [0.15, 0.2) is 0 Å². The fourth-order valence-electron chi connectivity index (χ4n) is 1.58. The first-order chi connectivity index (χ1) is 9.56. The van der Waals surface area contributed by atoms with Crippen molar-refractivity contribution in [1.29, 1.82) is 0 Å². The van der Waals surface area contributed by atoms with Crippen LogP contribution in [0.15, 0.2) is 47.1 Å². The molecule has 102 valence electrons. The Morgan fingerprint density at radius 2 is 1.65 bits per heavy atom. The van der Waals surface area contributed by atoms with Crippen molar-refractivity contribution in [2.24, 2.45) is 0 Å². The van der Waals surface area contributed by atoms with Crippen LogP contribution in [0.3, 0.4) is 0 Å². The number of nitrogens with zero attached hydrogens (tertiary/aromatic N) is 1. The molecule has 0 spiro atoms. The Kier molecular flexibility index (Phi) is 4.47. The van der Waals surface area contributed by atoms with E-state index < -0.39 is 0 Å². The number of aromatic nitrogens is 1. The van der Waals surface area contributed by atoms with Gasteiger partial charge >= 0.3 is 0 Å². The molecule has 6 heteroatoms. The van der Waals surface area contributed by atoms with Crippen molar-refractivity contribution in [3.63, 3.8) is 0 Å². The maximum absolute atomic E-state index is 12.0. The van der Waals surface area contributed by atoms with E-state index >= 15 is 0 Å². The number of rotatable bonds is 3. The molecule has 1 heterocycles. The van der Waals surface area contributed by atoms with Crippen LogP contribution in [-0.4, -0.2) is 16.8 Å². The summed E-state index contributed by atoms with van der Waals surface area (Å²) in [6, 6.07) is 10.3. The van der Waals surface area contributed by atoms with E-state index in [1.165, 1.54) is 6.92 Å². The first kappa shape index (κ1) is 14.2. The number of nitrogens with one attached hydrogen (secondary N) is 2. The first-order valence-corrected chi connectivity index (χ1v) is 6.65. The van der Waals surface area contributed by atoms with Gasteiger partial charge in [-0.1, -0.05) is 0 Å². The Hall–Kier alpha value is -2.21. The van der Waals surface area contributed by atoms with Gasteiger partial charge in [0.25, 0.3) is 5.91 Å². The van der Waals surface area contributed by atoms with Crippen molar-refractivity contribution in [2.75, 3.05) is 10.6 Å². The van der Waals surface area contributed by atoms with Crippen LogP contribution < -0.4 is 10.6 Å². The fraction of sp³-hybridized carbons (Fsp3) is 0.0714. The highest BCUT2D eigenvalue weighted by molar-refractivity contribution is 9.10. The molecule has 0 aliphatic heterocycles. The van der Waals surface area contributed by atoms with Crippen molar-refractivity contribution in [3.8, 4) is 0 Å². The zero-order chi connectivity index (χ0) is 14.5. The number of anilines is 2. The predicted octanol–water partition coefficient (Wildman–Crippen LogP) is 3.05. The number of hydrogen-bond donors (Lipinski definition) is 2.